The van der Waals surface area contributed by atoms with E-state index in [1.165, 1.54) is 0 Å². The lowest BCUT2D eigenvalue weighted by molar-refractivity contribution is 0.0205. The van der Waals surface area contributed by atoms with Crippen molar-refractivity contribution < 1.29 is 5.11 Å². The number of aromatic nitrogens is 1. The summed E-state index contributed by atoms with van der Waals surface area (Å²) >= 11 is 9.17. The topological polar surface area (TPSA) is 59.1 Å². The molecule has 0 amide bonds. The number of pyridine rings is 1. The van der Waals surface area contributed by atoms with Crippen LogP contribution in [0, 0.1) is 0 Å². The Morgan fingerprint density at radius 3 is 2.86 bits per heavy atom. The van der Waals surface area contributed by atoms with E-state index in [2.05, 4.69) is 20.9 Å². The van der Waals surface area contributed by atoms with Crippen LogP contribution in [0.2, 0.25) is 5.15 Å². The standard InChI is InChI=1S/C9H10BrClN2O/c10-7-4-13-8(11)1-6(7)9(12)2-5(14)3-9/h1,4-5,14H,2-3,12H2. The Morgan fingerprint density at radius 2 is 2.29 bits per heavy atom. The summed E-state index contributed by atoms with van der Waals surface area (Å²) in [6.45, 7) is 0. The van der Waals surface area contributed by atoms with Crippen molar-refractivity contribution in [2.24, 2.45) is 5.73 Å². The van der Waals surface area contributed by atoms with Gasteiger partial charge in [0.2, 0.25) is 0 Å². The monoisotopic (exact) mass is 276 g/mol. The van der Waals surface area contributed by atoms with E-state index in [0.717, 1.165) is 10.0 Å². The van der Waals surface area contributed by atoms with Crippen molar-refractivity contribution in [1.29, 1.82) is 0 Å². The molecule has 3 nitrogen and oxygen atoms in total. The number of nitrogens with zero attached hydrogens (tertiary/aromatic N) is 1. The van der Waals surface area contributed by atoms with Gasteiger partial charge in [-0.25, -0.2) is 4.98 Å². The van der Waals surface area contributed by atoms with Gasteiger partial charge in [-0.15, -0.1) is 0 Å². The molecule has 1 aromatic heterocycles. The Morgan fingerprint density at radius 1 is 1.64 bits per heavy atom. The van der Waals surface area contributed by atoms with E-state index in [1.807, 2.05) is 0 Å². The summed E-state index contributed by atoms with van der Waals surface area (Å²) in [5.74, 6) is 0. The third kappa shape index (κ3) is 1.67. The number of rotatable bonds is 1. The molecule has 1 saturated carbocycles. The Balaban J connectivity index is 2.36. The number of nitrogens with two attached hydrogens (primary N) is 1. The summed E-state index contributed by atoms with van der Waals surface area (Å²) < 4.78 is 0.844. The quantitative estimate of drug-likeness (QED) is 0.770. The second kappa shape index (κ2) is 3.45. The van der Waals surface area contributed by atoms with E-state index >= 15 is 0 Å². The lowest BCUT2D eigenvalue weighted by Crippen LogP contribution is -2.51. The molecule has 1 aliphatic rings. The van der Waals surface area contributed by atoms with Crippen LogP contribution < -0.4 is 5.73 Å². The van der Waals surface area contributed by atoms with Gasteiger partial charge in [-0.3, -0.25) is 0 Å². The summed E-state index contributed by atoms with van der Waals surface area (Å²) in [6.07, 6.45) is 2.49. The maximum atomic E-state index is 9.26. The highest BCUT2D eigenvalue weighted by Crippen LogP contribution is 2.42. The SMILES string of the molecule is NC1(c2cc(Cl)ncc2Br)CC(O)C1. The number of hydrogen-bond acceptors (Lipinski definition) is 3. The molecule has 2 rings (SSSR count). The van der Waals surface area contributed by atoms with Gasteiger partial charge >= 0.3 is 0 Å². The minimum absolute atomic E-state index is 0.293. The van der Waals surface area contributed by atoms with Crippen molar-refractivity contribution in [3.63, 3.8) is 0 Å². The molecule has 0 bridgehead atoms. The van der Waals surface area contributed by atoms with Gasteiger partial charge in [-0.1, -0.05) is 11.6 Å². The summed E-state index contributed by atoms with van der Waals surface area (Å²) in [7, 11) is 0. The van der Waals surface area contributed by atoms with Crippen LogP contribution in [-0.4, -0.2) is 16.2 Å². The molecule has 14 heavy (non-hydrogen) atoms. The lowest BCUT2D eigenvalue weighted by Gasteiger charge is -2.43. The van der Waals surface area contributed by atoms with E-state index in [4.69, 9.17) is 17.3 Å². The first kappa shape index (κ1) is 10.4. The van der Waals surface area contributed by atoms with Crippen molar-refractivity contribution >= 4 is 27.5 Å². The Bertz CT molecular complexity index is 366. The van der Waals surface area contributed by atoms with Gasteiger partial charge in [-0.2, -0.15) is 0 Å². The normalized spacial score (nSPS) is 31.3. The molecule has 0 atom stereocenters. The summed E-state index contributed by atoms with van der Waals surface area (Å²) in [4.78, 5) is 3.93. The van der Waals surface area contributed by atoms with Crippen LogP contribution in [0.1, 0.15) is 18.4 Å². The first-order valence-electron chi connectivity index (χ1n) is 4.30. The molecule has 0 aromatic carbocycles. The molecule has 0 aliphatic heterocycles. The number of hydrogen-bond donors (Lipinski definition) is 2. The Labute approximate surface area is 95.4 Å². The zero-order valence-electron chi connectivity index (χ0n) is 7.37. The van der Waals surface area contributed by atoms with Crippen molar-refractivity contribution in [2.45, 2.75) is 24.5 Å². The van der Waals surface area contributed by atoms with Gasteiger partial charge in [0.25, 0.3) is 0 Å². The first-order chi connectivity index (χ1) is 6.51. The molecule has 0 radical (unpaired) electrons. The van der Waals surface area contributed by atoms with Crippen molar-refractivity contribution in [3.05, 3.63) is 27.5 Å². The van der Waals surface area contributed by atoms with Crippen LogP contribution >= 0.6 is 27.5 Å². The molecule has 76 valence electrons. The number of halogens is 2. The Kier molecular flexibility index (Phi) is 2.55. The van der Waals surface area contributed by atoms with Crippen LogP contribution in [0.5, 0.6) is 0 Å². The molecule has 1 aromatic rings. The van der Waals surface area contributed by atoms with Gasteiger partial charge in [0.1, 0.15) is 5.15 Å². The molecule has 0 unspecified atom stereocenters. The zero-order valence-corrected chi connectivity index (χ0v) is 9.72. The third-order valence-electron chi connectivity index (χ3n) is 2.56. The molecule has 0 saturated heterocycles. The summed E-state index contributed by atoms with van der Waals surface area (Å²) in [5.41, 5.74) is 6.57. The molecule has 1 fully saturated rings. The maximum Gasteiger partial charge on any atom is 0.129 e. The van der Waals surface area contributed by atoms with E-state index in [1.54, 1.807) is 12.3 Å². The average Bonchev–Trinajstić information content (AvgIpc) is 2.07. The van der Waals surface area contributed by atoms with Crippen molar-refractivity contribution in [2.75, 3.05) is 0 Å². The van der Waals surface area contributed by atoms with E-state index < -0.39 is 5.54 Å². The van der Waals surface area contributed by atoms with Crippen LogP contribution in [0.25, 0.3) is 0 Å². The molecular weight excluding hydrogens is 267 g/mol. The number of aliphatic hydroxyl groups is 1. The smallest absolute Gasteiger partial charge is 0.129 e. The van der Waals surface area contributed by atoms with E-state index in [-0.39, 0.29) is 6.10 Å². The van der Waals surface area contributed by atoms with Gasteiger partial charge in [0.15, 0.2) is 0 Å². The van der Waals surface area contributed by atoms with Gasteiger partial charge in [-0.05, 0) is 40.4 Å². The summed E-state index contributed by atoms with van der Waals surface area (Å²) in [6, 6.07) is 1.75. The number of aliphatic hydroxyl groups excluding tert-OH is 1. The highest BCUT2D eigenvalue weighted by atomic mass is 79.9. The second-order valence-electron chi connectivity index (χ2n) is 3.71. The second-order valence-corrected chi connectivity index (χ2v) is 4.95. The maximum absolute atomic E-state index is 9.26. The fraction of sp³-hybridized carbons (Fsp3) is 0.444. The Hall–Kier alpha value is -0.160. The molecule has 5 heteroatoms. The van der Waals surface area contributed by atoms with Crippen molar-refractivity contribution in [1.82, 2.24) is 4.98 Å². The van der Waals surface area contributed by atoms with Gasteiger partial charge in [0, 0.05) is 16.2 Å². The third-order valence-corrected chi connectivity index (χ3v) is 3.40. The zero-order chi connectivity index (χ0) is 10.3. The molecule has 0 spiro atoms. The molecule has 1 aliphatic carbocycles. The largest absolute Gasteiger partial charge is 0.393 e. The fourth-order valence-corrected chi connectivity index (χ4v) is 2.57. The molecular formula is C9H10BrClN2O. The predicted octanol–water partition coefficient (Wildman–Crippen LogP) is 1.81. The molecule has 1 heterocycles. The van der Waals surface area contributed by atoms with Crippen LogP contribution in [0.4, 0.5) is 0 Å². The minimum atomic E-state index is -0.454. The van der Waals surface area contributed by atoms with E-state index in [0.29, 0.717) is 18.0 Å². The van der Waals surface area contributed by atoms with Crippen molar-refractivity contribution in [3.8, 4) is 0 Å². The predicted molar refractivity (Wildman–Crippen MR) is 58.1 cm³/mol. The minimum Gasteiger partial charge on any atom is -0.393 e. The lowest BCUT2D eigenvalue weighted by atomic mass is 9.71. The highest BCUT2D eigenvalue weighted by molar-refractivity contribution is 9.10. The van der Waals surface area contributed by atoms with Crippen LogP contribution in [0.15, 0.2) is 16.7 Å². The first-order valence-corrected chi connectivity index (χ1v) is 5.47. The van der Waals surface area contributed by atoms with Gasteiger partial charge < -0.3 is 10.8 Å². The highest BCUT2D eigenvalue weighted by Gasteiger charge is 2.42. The van der Waals surface area contributed by atoms with Gasteiger partial charge in [0.05, 0.1) is 6.10 Å². The fourth-order valence-electron chi connectivity index (χ4n) is 1.80. The average molecular weight is 278 g/mol. The van der Waals surface area contributed by atoms with E-state index in [9.17, 15) is 5.11 Å². The van der Waals surface area contributed by atoms with Crippen LogP contribution in [0.3, 0.4) is 0 Å². The molecule has 3 N–H and O–H groups in total. The summed E-state index contributed by atoms with van der Waals surface area (Å²) in [5, 5.41) is 9.69. The van der Waals surface area contributed by atoms with Crippen LogP contribution in [-0.2, 0) is 5.54 Å².